The zero-order valence-electron chi connectivity index (χ0n) is 10.6. The minimum absolute atomic E-state index is 0.531. The van der Waals surface area contributed by atoms with Gasteiger partial charge in [-0.05, 0) is 24.3 Å². The topological polar surface area (TPSA) is 17.8 Å². The summed E-state index contributed by atoms with van der Waals surface area (Å²) >= 11 is 6.29. The summed E-state index contributed by atoms with van der Waals surface area (Å²) in [5.41, 5.74) is 2.52. The SMILES string of the molecule is CC1CCCn2c(Cc3ccccc3)nc(Cl)c21. The molecule has 0 radical (unpaired) electrons. The van der Waals surface area contributed by atoms with E-state index in [4.69, 9.17) is 11.6 Å². The highest BCUT2D eigenvalue weighted by Gasteiger charge is 2.24. The molecule has 0 spiro atoms. The highest BCUT2D eigenvalue weighted by molar-refractivity contribution is 6.30. The Balaban J connectivity index is 1.96. The first-order valence-corrected chi connectivity index (χ1v) is 6.92. The lowest BCUT2D eigenvalue weighted by Crippen LogP contribution is -2.15. The fraction of sp³-hybridized carbons (Fsp3) is 0.400. The molecule has 1 aromatic carbocycles. The van der Waals surface area contributed by atoms with Gasteiger partial charge in [-0.1, -0.05) is 48.9 Å². The van der Waals surface area contributed by atoms with E-state index in [9.17, 15) is 0 Å². The number of hydrogen-bond acceptors (Lipinski definition) is 1. The van der Waals surface area contributed by atoms with Gasteiger partial charge in [0.05, 0.1) is 5.69 Å². The molecule has 0 aliphatic carbocycles. The number of imidazole rings is 1. The fourth-order valence-corrected chi connectivity index (χ4v) is 3.19. The fourth-order valence-electron chi connectivity index (χ4n) is 2.81. The van der Waals surface area contributed by atoms with E-state index >= 15 is 0 Å². The molecule has 1 atom stereocenters. The standard InChI is InChI=1S/C15H17ClN2/c1-11-6-5-9-18-13(17-15(16)14(11)18)10-12-7-3-2-4-8-12/h2-4,7-8,11H,5-6,9-10H2,1H3. The molecule has 1 aliphatic rings. The van der Waals surface area contributed by atoms with Crippen molar-refractivity contribution in [2.45, 2.75) is 38.6 Å². The van der Waals surface area contributed by atoms with Crippen LogP contribution in [0.5, 0.6) is 0 Å². The van der Waals surface area contributed by atoms with Crippen molar-refractivity contribution in [3.63, 3.8) is 0 Å². The molecule has 3 heteroatoms. The average Bonchev–Trinajstić information content (AvgIpc) is 2.69. The van der Waals surface area contributed by atoms with E-state index in [0.29, 0.717) is 11.1 Å². The number of nitrogens with zero attached hydrogens (tertiary/aromatic N) is 2. The number of hydrogen-bond donors (Lipinski definition) is 0. The van der Waals surface area contributed by atoms with Gasteiger partial charge in [-0.2, -0.15) is 0 Å². The molecule has 1 unspecified atom stereocenters. The summed E-state index contributed by atoms with van der Waals surface area (Å²) in [6.45, 7) is 3.30. The monoisotopic (exact) mass is 260 g/mol. The third-order valence-corrected chi connectivity index (χ3v) is 4.01. The number of benzene rings is 1. The van der Waals surface area contributed by atoms with E-state index < -0.39 is 0 Å². The van der Waals surface area contributed by atoms with Crippen LogP contribution in [0, 0.1) is 0 Å². The Bertz CT molecular complexity index is 545. The summed E-state index contributed by atoms with van der Waals surface area (Å²) in [7, 11) is 0. The number of fused-ring (bicyclic) bond motifs is 1. The van der Waals surface area contributed by atoms with Crippen LogP contribution in [0.1, 0.15) is 42.8 Å². The lowest BCUT2D eigenvalue weighted by Gasteiger charge is -2.22. The predicted octanol–water partition coefficient (Wildman–Crippen LogP) is 4.02. The maximum absolute atomic E-state index is 6.29. The first-order valence-electron chi connectivity index (χ1n) is 6.54. The summed E-state index contributed by atoms with van der Waals surface area (Å²) in [6, 6.07) is 10.5. The summed E-state index contributed by atoms with van der Waals surface area (Å²) in [5.74, 6) is 1.64. The lowest BCUT2D eigenvalue weighted by molar-refractivity contribution is 0.465. The Kier molecular flexibility index (Phi) is 3.13. The van der Waals surface area contributed by atoms with Crippen molar-refractivity contribution >= 4 is 11.6 Å². The maximum atomic E-state index is 6.29. The van der Waals surface area contributed by atoms with Crippen molar-refractivity contribution < 1.29 is 0 Å². The van der Waals surface area contributed by atoms with Crippen molar-refractivity contribution in [2.24, 2.45) is 0 Å². The first kappa shape index (κ1) is 11.8. The van der Waals surface area contributed by atoms with E-state index in [1.165, 1.54) is 24.1 Å². The van der Waals surface area contributed by atoms with Crippen molar-refractivity contribution in [1.29, 1.82) is 0 Å². The molecular weight excluding hydrogens is 244 g/mol. The molecule has 0 N–H and O–H groups in total. The van der Waals surface area contributed by atoms with Crippen LogP contribution < -0.4 is 0 Å². The van der Waals surface area contributed by atoms with Crippen molar-refractivity contribution in [3.05, 3.63) is 52.6 Å². The van der Waals surface area contributed by atoms with Crippen molar-refractivity contribution in [3.8, 4) is 0 Å². The van der Waals surface area contributed by atoms with Gasteiger partial charge in [-0.3, -0.25) is 0 Å². The normalized spacial score (nSPS) is 18.7. The van der Waals surface area contributed by atoms with Crippen LogP contribution in [0.25, 0.3) is 0 Å². The molecular formula is C15H17ClN2. The average molecular weight is 261 g/mol. The Morgan fingerprint density at radius 1 is 1.33 bits per heavy atom. The summed E-state index contributed by atoms with van der Waals surface area (Å²) in [6.07, 6.45) is 3.31. The minimum Gasteiger partial charge on any atom is -0.330 e. The molecule has 0 saturated heterocycles. The van der Waals surface area contributed by atoms with Crippen LogP contribution >= 0.6 is 11.6 Å². The molecule has 1 aromatic heterocycles. The van der Waals surface area contributed by atoms with Crippen LogP contribution in [0.4, 0.5) is 0 Å². The Morgan fingerprint density at radius 2 is 2.11 bits per heavy atom. The van der Waals surface area contributed by atoms with Gasteiger partial charge in [0, 0.05) is 13.0 Å². The highest BCUT2D eigenvalue weighted by Crippen LogP contribution is 2.33. The number of halogens is 1. The molecule has 94 valence electrons. The summed E-state index contributed by atoms with van der Waals surface area (Å²) < 4.78 is 2.32. The van der Waals surface area contributed by atoms with Crippen LogP contribution in [-0.2, 0) is 13.0 Å². The molecule has 3 rings (SSSR count). The minimum atomic E-state index is 0.531. The third-order valence-electron chi connectivity index (χ3n) is 3.73. The van der Waals surface area contributed by atoms with Gasteiger partial charge < -0.3 is 4.57 Å². The number of aromatic nitrogens is 2. The van der Waals surface area contributed by atoms with E-state index in [1.54, 1.807) is 0 Å². The van der Waals surface area contributed by atoms with Gasteiger partial charge in [0.25, 0.3) is 0 Å². The second-order valence-corrected chi connectivity index (χ2v) is 5.42. The maximum Gasteiger partial charge on any atom is 0.150 e. The van der Waals surface area contributed by atoms with Gasteiger partial charge in [-0.15, -0.1) is 0 Å². The van der Waals surface area contributed by atoms with Crippen molar-refractivity contribution in [2.75, 3.05) is 0 Å². The molecule has 0 amide bonds. The zero-order chi connectivity index (χ0) is 12.5. The van der Waals surface area contributed by atoms with Gasteiger partial charge in [0.1, 0.15) is 5.82 Å². The lowest BCUT2D eigenvalue weighted by atomic mass is 9.98. The largest absolute Gasteiger partial charge is 0.330 e. The van der Waals surface area contributed by atoms with E-state index in [-0.39, 0.29) is 0 Å². The molecule has 0 fully saturated rings. The highest BCUT2D eigenvalue weighted by atomic mass is 35.5. The Morgan fingerprint density at radius 3 is 2.89 bits per heavy atom. The molecule has 2 nitrogen and oxygen atoms in total. The van der Waals surface area contributed by atoms with E-state index in [0.717, 1.165) is 18.8 Å². The zero-order valence-corrected chi connectivity index (χ0v) is 11.3. The van der Waals surface area contributed by atoms with E-state index in [1.807, 2.05) is 6.07 Å². The molecule has 0 bridgehead atoms. The van der Waals surface area contributed by atoms with E-state index in [2.05, 4.69) is 40.7 Å². The van der Waals surface area contributed by atoms with Gasteiger partial charge in [0.15, 0.2) is 5.15 Å². The third kappa shape index (κ3) is 2.05. The second kappa shape index (κ2) is 4.77. The van der Waals surface area contributed by atoms with Gasteiger partial charge in [-0.25, -0.2) is 4.98 Å². The molecule has 2 aromatic rings. The molecule has 0 saturated carbocycles. The van der Waals surface area contributed by atoms with Gasteiger partial charge in [0.2, 0.25) is 0 Å². The predicted molar refractivity (Wildman–Crippen MR) is 74.1 cm³/mol. The van der Waals surface area contributed by atoms with Crippen LogP contribution in [0.2, 0.25) is 5.15 Å². The molecule has 1 aliphatic heterocycles. The first-order chi connectivity index (χ1) is 8.75. The summed E-state index contributed by atoms with van der Waals surface area (Å²) in [5, 5.41) is 0.702. The summed E-state index contributed by atoms with van der Waals surface area (Å²) in [4.78, 5) is 4.57. The van der Waals surface area contributed by atoms with Crippen LogP contribution in [0.3, 0.4) is 0 Å². The molecule has 18 heavy (non-hydrogen) atoms. The Labute approximate surface area is 113 Å². The smallest absolute Gasteiger partial charge is 0.150 e. The van der Waals surface area contributed by atoms with Crippen LogP contribution in [-0.4, -0.2) is 9.55 Å². The Hall–Kier alpha value is -1.28. The van der Waals surface area contributed by atoms with Crippen molar-refractivity contribution in [1.82, 2.24) is 9.55 Å². The number of rotatable bonds is 2. The quantitative estimate of drug-likeness (QED) is 0.797. The second-order valence-electron chi connectivity index (χ2n) is 5.06. The van der Waals surface area contributed by atoms with Gasteiger partial charge >= 0.3 is 0 Å². The molecule has 2 heterocycles. The van der Waals surface area contributed by atoms with Crippen LogP contribution in [0.15, 0.2) is 30.3 Å².